The third kappa shape index (κ3) is 2.16. The molecule has 4 aliphatic rings. The summed E-state index contributed by atoms with van der Waals surface area (Å²) in [6, 6.07) is 0. The Bertz CT molecular complexity index is 567. The van der Waals surface area contributed by atoms with Gasteiger partial charge < -0.3 is 9.84 Å². The number of hydrogen-bond acceptors (Lipinski definition) is 3. The van der Waals surface area contributed by atoms with Crippen LogP contribution in [0.25, 0.3) is 0 Å². The molecule has 3 saturated carbocycles. The molecule has 4 rings (SSSR count). The number of esters is 1. The van der Waals surface area contributed by atoms with E-state index in [-0.39, 0.29) is 28.8 Å². The fourth-order valence-corrected chi connectivity index (χ4v) is 7.17. The van der Waals surface area contributed by atoms with Gasteiger partial charge in [0, 0.05) is 0 Å². The van der Waals surface area contributed by atoms with Crippen LogP contribution in [0, 0.1) is 34.5 Å². The number of aliphatic hydroxyl groups excluding tert-OH is 1. The number of carbonyl (C=O) groups is 1. The van der Waals surface area contributed by atoms with Crippen molar-refractivity contribution in [3.05, 3.63) is 11.6 Å². The predicted octanol–water partition coefficient (Wildman–Crippen LogP) is 4.10. The van der Waals surface area contributed by atoms with Crippen molar-refractivity contribution in [1.82, 2.24) is 0 Å². The van der Waals surface area contributed by atoms with Crippen molar-refractivity contribution in [2.75, 3.05) is 7.11 Å². The molecule has 3 fully saturated rings. The Kier molecular flexibility index (Phi) is 3.87. The largest absolute Gasteiger partial charge is 0.469 e. The highest BCUT2D eigenvalue weighted by molar-refractivity contribution is 5.73. The maximum Gasteiger partial charge on any atom is 0.309 e. The van der Waals surface area contributed by atoms with E-state index < -0.39 is 0 Å². The van der Waals surface area contributed by atoms with Crippen molar-refractivity contribution in [3.8, 4) is 0 Å². The zero-order chi connectivity index (χ0) is 17.1. The lowest BCUT2D eigenvalue weighted by molar-refractivity contribution is -0.152. The smallest absolute Gasteiger partial charge is 0.309 e. The summed E-state index contributed by atoms with van der Waals surface area (Å²) in [5.41, 5.74) is 1.94. The van der Waals surface area contributed by atoms with Crippen molar-refractivity contribution in [2.45, 2.75) is 71.3 Å². The van der Waals surface area contributed by atoms with E-state index >= 15 is 0 Å². The van der Waals surface area contributed by atoms with E-state index in [2.05, 4.69) is 19.9 Å². The molecule has 0 aromatic heterocycles. The van der Waals surface area contributed by atoms with Gasteiger partial charge in [0.1, 0.15) is 0 Å². The second-order valence-corrected chi connectivity index (χ2v) is 9.35. The number of aliphatic hydroxyl groups is 1. The van der Waals surface area contributed by atoms with Gasteiger partial charge in [-0.3, -0.25) is 4.79 Å². The number of carbonyl (C=O) groups excluding carboxylic acids is 1. The van der Waals surface area contributed by atoms with Crippen LogP contribution in [0.2, 0.25) is 0 Å². The van der Waals surface area contributed by atoms with Crippen LogP contribution >= 0.6 is 0 Å². The minimum atomic E-state index is -0.134. The molecule has 0 amide bonds. The first-order chi connectivity index (χ1) is 11.4. The average molecular weight is 332 g/mol. The summed E-state index contributed by atoms with van der Waals surface area (Å²) in [6.07, 6.45) is 11.0. The molecule has 1 N–H and O–H groups in total. The molecule has 0 aromatic rings. The molecule has 134 valence electrons. The first kappa shape index (κ1) is 16.6. The van der Waals surface area contributed by atoms with Crippen LogP contribution in [-0.2, 0) is 9.53 Å². The highest BCUT2D eigenvalue weighted by Gasteiger charge is 2.60. The normalized spacial score (nSPS) is 50.3. The van der Waals surface area contributed by atoms with Gasteiger partial charge >= 0.3 is 5.97 Å². The van der Waals surface area contributed by atoms with Crippen LogP contribution in [-0.4, -0.2) is 24.3 Å². The summed E-state index contributed by atoms with van der Waals surface area (Å²) in [5.74, 6) is 2.21. The van der Waals surface area contributed by atoms with Gasteiger partial charge in [0.2, 0.25) is 0 Å². The molecule has 0 bridgehead atoms. The number of allylic oxidation sites excluding steroid dienone is 1. The summed E-state index contributed by atoms with van der Waals surface area (Å²) >= 11 is 0. The molecular weight excluding hydrogens is 300 g/mol. The Morgan fingerprint density at radius 2 is 1.96 bits per heavy atom. The maximum absolute atomic E-state index is 12.3. The summed E-state index contributed by atoms with van der Waals surface area (Å²) < 4.78 is 5.12. The fourth-order valence-electron chi connectivity index (χ4n) is 7.17. The molecule has 7 atom stereocenters. The molecule has 0 spiro atoms. The number of rotatable bonds is 1. The second kappa shape index (κ2) is 5.59. The van der Waals surface area contributed by atoms with Crippen LogP contribution < -0.4 is 0 Å². The molecule has 0 aliphatic heterocycles. The highest BCUT2D eigenvalue weighted by Crippen LogP contribution is 2.66. The molecule has 0 aromatic carbocycles. The third-order valence-electron chi connectivity index (χ3n) is 8.56. The van der Waals surface area contributed by atoms with Crippen molar-refractivity contribution in [1.29, 1.82) is 0 Å². The molecule has 3 nitrogen and oxygen atoms in total. The van der Waals surface area contributed by atoms with E-state index in [1.807, 2.05) is 0 Å². The topological polar surface area (TPSA) is 46.5 Å². The monoisotopic (exact) mass is 332 g/mol. The third-order valence-corrected chi connectivity index (χ3v) is 8.56. The average Bonchev–Trinajstić information content (AvgIpc) is 2.92. The van der Waals surface area contributed by atoms with Gasteiger partial charge in [-0.05, 0) is 80.0 Å². The Morgan fingerprint density at radius 3 is 2.71 bits per heavy atom. The van der Waals surface area contributed by atoms with Crippen LogP contribution in [0.4, 0.5) is 0 Å². The van der Waals surface area contributed by atoms with Crippen LogP contribution in [0.1, 0.15) is 65.2 Å². The Labute approximate surface area is 145 Å². The quantitative estimate of drug-likeness (QED) is 0.581. The number of ether oxygens (including phenoxy) is 1. The Balaban J connectivity index is 1.64. The van der Waals surface area contributed by atoms with Gasteiger partial charge in [0.05, 0.1) is 19.1 Å². The molecule has 0 heterocycles. The first-order valence-corrected chi connectivity index (χ1v) is 9.85. The van der Waals surface area contributed by atoms with Crippen molar-refractivity contribution < 1.29 is 14.6 Å². The molecule has 0 unspecified atom stereocenters. The maximum atomic E-state index is 12.3. The van der Waals surface area contributed by atoms with E-state index in [9.17, 15) is 9.90 Å². The lowest BCUT2D eigenvalue weighted by atomic mass is 9.47. The second-order valence-electron chi connectivity index (χ2n) is 9.35. The van der Waals surface area contributed by atoms with Crippen molar-refractivity contribution in [2.24, 2.45) is 34.5 Å². The molecule has 3 heteroatoms. The van der Waals surface area contributed by atoms with Gasteiger partial charge in [-0.25, -0.2) is 0 Å². The van der Waals surface area contributed by atoms with E-state index in [0.717, 1.165) is 44.4 Å². The van der Waals surface area contributed by atoms with E-state index in [1.165, 1.54) is 25.5 Å². The lowest BCUT2D eigenvalue weighted by Gasteiger charge is -2.57. The molecule has 24 heavy (non-hydrogen) atoms. The van der Waals surface area contributed by atoms with Gasteiger partial charge in [-0.15, -0.1) is 0 Å². The van der Waals surface area contributed by atoms with E-state index in [0.29, 0.717) is 11.8 Å². The number of methoxy groups -OCH3 is 1. The van der Waals surface area contributed by atoms with Crippen LogP contribution in [0.5, 0.6) is 0 Å². The molecule has 0 saturated heterocycles. The summed E-state index contributed by atoms with van der Waals surface area (Å²) in [7, 11) is 1.54. The first-order valence-electron chi connectivity index (χ1n) is 9.85. The number of fused-ring (bicyclic) bond motifs is 5. The zero-order valence-electron chi connectivity index (χ0n) is 15.4. The molecule has 0 radical (unpaired) electrons. The Hall–Kier alpha value is -0.830. The van der Waals surface area contributed by atoms with Gasteiger partial charge in [0.25, 0.3) is 0 Å². The highest BCUT2D eigenvalue weighted by atomic mass is 16.5. The van der Waals surface area contributed by atoms with Crippen LogP contribution in [0.3, 0.4) is 0 Å². The number of hydrogen-bond donors (Lipinski definition) is 1. The zero-order valence-corrected chi connectivity index (χ0v) is 15.4. The predicted molar refractivity (Wildman–Crippen MR) is 93.2 cm³/mol. The minimum absolute atomic E-state index is 0.0116. The van der Waals surface area contributed by atoms with Crippen LogP contribution in [0.15, 0.2) is 11.6 Å². The SMILES string of the molecule is COC(=O)[C@@H]1CC[C@H]2[C@H]3CC=C4C[C@@H](O)CC[C@]4(C)[C@H]3CC[C@@]12C. The van der Waals surface area contributed by atoms with Gasteiger partial charge in [0.15, 0.2) is 0 Å². The van der Waals surface area contributed by atoms with E-state index in [1.54, 1.807) is 0 Å². The summed E-state index contributed by atoms with van der Waals surface area (Å²) in [6.45, 7) is 4.81. The van der Waals surface area contributed by atoms with Crippen molar-refractivity contribution in [3.63, 3.8) is 0 Å². The van der Waals surface area contributed by atoms with E-state index in [4.69, 9.17) is 4.74 Å². The fraction of sp³-hybridized carbons (Fsp3) is 0.857. The van der Waals surface area contributed by atoms with Crippen molar-refractivity contribution >= 4 is 5.97 Å². The molecular formula is C21H32O3. The summed E-state index contributed by atoms with van der Waals surface area (Å²) in [5, 5.41) is 10.1. The standard InChI is InChI=1S/C21H32O3/c1-20-10-8-14(22)12-13(20)4-5-15-16-6-7-18(19(23)24-3)21(16,2)11-9-17(15)20/h4,14-18,22H,5-12H2,1-3H3/t14-,15+,16-,17-,18-,20-,21+/m0/s1. The lowest BCUT2D eigenvalue weighted by Crippen LogP contribution is -2.51. The Morgan fingerprint density at radius 1 is 1.17 bits per heavy atom. The van der Waals surface area contributed by atoms with Gasteiger partial charge in [-0.1, -0.05) is 25.5 Å². The molecule has 4 aliphatic carbocycles. The summed E-state index contributed by atoms with van der Waals surface area (Å²) in [4.78, 5) is 12.3. The minimum Gasteiger partial charge on any atom is -0.469 e. The van der Waals surface area contributed by atoms with Gasteiger partial charge in [-0.2, -0.15) is 0 Å².